The van der Waals surface area contributed by atoms with Crippen molar-refractivity contribution in [3.05, 3.63) is 53.7 Å². The highest BCUT2D eigenvalue weighted by Crippen LogP contribution is 2.16. The predicted molar refractivity (Wildman–Crippen MR) is 71.0 cm³/mol. The Bertz CT molecular complexity index is 585. The molecule has 6 nitrogen and oxygen atoms in total. The lowest BCUT2D eigenvalue weighted by Gasteiger charge is -2.07. The first kappa shape index (κ1) is 12.6. The summed E-state index contributed by atoms with van der Waals surface area (Å²) in [7, 11) is 0. The van der Waals surface area contributed by atoms with Crippen molar-refractivity contribution in [2.75, 3.05) is 5.32 Å². The Morgan fingerprint density at radius 1 is 1.00 bits per heavy atom. The molecule has 2 amide bonds. The summed E-state index contributed by atoms with van der Waals surface area (Å²) < 4.78 is 0. The van der Waals surface area contributed by atoms with Crippen molar-refractivity contribution in [1.29, 1.82) is 0 Å². The maximum Gasteiger partial charge on any atom is 0.248 e. The van der Waals surface area contributed by atoms with Gasteiger partial charge in [-0.05, 0) is 30.3 Å². The van der Waals surface area contributed by atoms with Crippen LogP contribution in [-0.4, -0.2) is 16.8 Å². The van der Waals surface area contributed by atoms with E-state index < -0.39 is 11.8 Å². The molecule has 0 bridgehead atoms. The molecular weight excluding hydrogens is 244 g/mol. The van der Waals surface area contributed by atoms with Crippen molar-refractivity contribution in [2.45, 2.75) is 0 Å². The molecule has 0 saturated heterocycles. The molecule has 0 saturated carbocycles. The van der Waals surface area contributed by atoms with E-state index in [1.54, 1.807) is 24.3 Å². The first-order chi connectivity index (χ1) is 9.06. The highest BCUT2D eigenvalue weighted by molar-refractivity contribution is 5.94. The van der Waals surface area contributed by atoms with Gasteiger partial charge >= 0.3 is 0 Å². The number of aromatic nitrogens is 1. The maximum atomic E-state index is 11.1. The molecule has 96 valence electrons. The Kier molecular flexibility index (Phi) is 3.42. The molecule has 0 fully saturated rings. The van der Waals surface area contributed by atoms with Gasteiger partial charge in [-0.1, -0.05) is 6.07 Å². The van der Waals surface area contributed by atoms with Gasteiger partial charge in [0.25, 0.3) is 0 Å². The van der Waals surface area contributed by atoms with E-state index in [1.165, 1.54) is 18.3 Å². The zero-order valence-corrected chi connectivity index (χ0v) is 9.96. The summed E-state index contributed by atoms with van der Waals surface area (Å²) in [5.74, 6) is -0.586. The summed E-state index contributed by atoms with van der Waals surface area (Å²) in [6, 6.07) is 9.71. The minimum Gasteiger partial charge on any atom is -0.366 e. The van der Waals surface area contributed by atoms with Gasteiger partial charge in [-0.2, -0.15) is 0 Å². The minimum absolute atomic E-state index is 0.351. The van der Waals surface area contributed by atoms with Gasteiger partial charge in [0.1, 0.15) is 5.82 Å². The smallest absolute Gasteiger partial charge is 0.248 e. The van der Waals surface area contributed by atoms with Crippen LogP contribution in [0.5, 0.6) is 0 Å². The van der Waals surface area contributed by atoms with Gasteiger partial charge < -0.3 is 16.8 Å². The van der Waals surface area contributed by atoms with Crippen molar-refractivity contribution in [3.8, 4) is 0 Å². The van der Waals surface area contributed by atoms with Gasteiger partial charge in [0.2, 0.25) is 11.8 Å². The number of nitrogens with zero attached hydrogens (tertiary/aromatic N) is 1. The molecule has 6 heteroatoms. The molecule has 0 spiro atoms. The van der Waals surface area contributed by atoms with Crippen molar-refractivity contribution in [1.82, 2.24) is 4.98 Å². The molecule has 2 aromatic rings. The van der Waals surface area contributed by atoms with Crippen molar-refractivity contribution < 1.29 is 9.59 Å². The van der Waals surface area contributed by atoms with Gasteiger partial charge in [0.15, 0.2) is 0 Å². The lowest BCUT2D eigenvalue weighted by Crippen LogP contribution is -2.12. The molecule has 1 aromatic carbocycles. The van der Waals surface area contributed by atoms with Crippen LogP contribution in [0.2, 0.25) is 0 Å². The molecule has 0 atom stereocenters. The van der Waals surface area contributed by atoms with Crippen LogP contribution in [0.25, 0.3) is 0 Å². The molecular formula is C13H12N4O2. The molecule has 1 heterocycles. The van der Waals surface area contributed by atoms with Crippen LogP contribution >= 0.6 is 0 Å². The van der Waals surface area contributed by atoms with Gasteiger partial charge in [0.05, 0.1) is 0 Å². The molecule has 0 aliphatic carbocycles. The van der Waals surface area contributed by atoms with Crippen LogP contribution in [0.3, 0.4) is 0 Å². The number of hydrogen-bond donors (Lipinski definition) is 3. The van der Waals surface area contributed by atoms with E-state index in [0.29, 0.717) is 22.6 Å². The number of pyridine rings is 1. The van der Waals surface area contributed by atoms with Crippen LogP contribution in [0.4, 0.5) is 11.5 Å². The van der Waals surface area contributed by atoms with Gasteiger partial charge in [-0.25, -0.2) is 4.98 Å². The largest absolute Gasteiger partial charge is 0.366 e. The number of anilines is 2. The number of benzene rings is 1. The van der Waals surface area contributed by atoms with Gasteiger partial charge in [-0.15, -0.1) is 0 Å². The number of primary amides is 2. The number of carbonyl (C=O) groups excluding carboxylic acids is 2. The third-order valence-corrected chi connectivity index (χ3v) is 2.46. The summed E-state index contributed by atoms with van der Waals surface area (Å²) in [4.78, 5) is 26.2. The molecule has 19 heavy (non-hydrogen) atoms. The average molecular weight is 256 g/mol. The van der Waals surface area contributed by atoms with E-state index in [-0.39, 0.29) is 0 Å². The Labute approximate surface area is 109 Å². The Hall–Kier alpha value is -2.89. The normalized spacial score (nSPS) is 9.89. The Morgan fingerprint density at radius 3 is 2.37 bits per heavy atom. The predicted octanol–water partition coefficient (Wildman–Crippen LogP) is 1.02. The third kappa shape index (κ3) is 3.06. The molecule has 0 aliphatic rings. The summed E-state index contributed by atoms with van der Waals surface area (Å²) in [5, 5.41) is 2.97. The Balaban J connectivity index is 2.26. The second-order valence-electron chi connectivity index (χ2n) is 3.86. The molecule has 0 aliphatic heterocycles. The van der Waals surface area contributed by atoms with E-state index in [9.17, 15) is 9.59 Å². The second-order valence-corrected chi connectivity index (χ2v) is 3.86. The SMILES string of the molecule is NC(=O)c1cccc(Nc2cc(C(N)=O)ccn2)c1. The third-order valence-electron chi connectivity index (χ3n) is 2.46. The first-order valence-electron chi connectivity index (χ1n) is 5.49. The first-order valence-corrected chi connectivity index (χ1v) is 5.49. The lowest BCUT2D eigenvalue weighted by molar-refractivity contribution is 0.0992. The van der Waals surface area contributed by atoms with Crippen molar-refractivity contribution in [3.63, 3.8) is 0 Å². The molecule has 5 N–H and O–H groups in total. The minimum atomic E-state index is -0.531. The standard InChI is InChI=1S/C13H12N4O2/c14-12(18)8-2-1-3-10(6-8)17-11-7-9(13(15)19)4-5-16-11/h1-7H,(H2,14,18)(H2,15,19)(H,16,17). The fraction of sp³-hybridized carbons (Fsp3) is 0. The highest BCUT2D eigenvalue weighted by Gasteiger charge is 2.04. The fourth-order valence-corrected chi connectivity index (χ4v) is 1.55. The lowest BCUT2D eigenvalue weighted by atomic mass is 10.2. The summed E-state index contributed by atoms with van der Waals surface area (Å²) in [5.41, 5.74) is 11.8. The van der Waals surface area contributed by atoms with E-state index in [4.69, 9.17) is 11.5 Å². The number of carbonyl (C=O) groups is 2. The summed E-state index contributed by atoms with van der Waals surface area (Å²) >= 11 is 0. The van der Waals surface area contributed by atoms with E-state index >= 15 is 0 Å². The zero-order valence-electron chi connectivity index (χ0n) is 9.96. The van der Waals surface area contributed by atoms with E-state index in [2.05, 4.69) is 10.3 Å². The topological polar surface area (TPSA) is 111 Å². The molecule has 0 radical (unpaired) electrons. The molecule has 2 rings (SSSR count). The highest BCUT2D eigenvalue weighted by atomic mass is 16.1. The van der Waals surface area contributed by atoms with Crippen LogP contribution in [-0.2, 0) is 0 Å². The summed E-state index contributed by atoms with van der Waals surface area (Å²) in [6.07, 6.45) is 1.47. The monoisotopic (exact) mass is 256 g/mol. The Morgan fingerprint density at radius 2 is 1.68 bits per heavy atom. The van der Waals surface area contributed by atoms with E-state index in [0.717, 1.165) is 0 Å². The average Bonchev–Trinajstić information content (AvgIpc) is 2.39. The van der Waals surface area contributed by atoms with Crippen LogP contribution < -0.4 is 16.8 Å². The number of rotatable bonds is 4. The number of nitrogens with one attached hydrogen (secondary N) is 1. The van der Waals surface area contributed by atoms with E-state index in [1.807, 2.05) is 0 Å². The van der Waals surface area contributed by atoms with Gasteiger partial charge in [0, 0.05) is 23.0 Å². The quantitative estimate of drug-likeness (QED) is 0.758. The number of nitrogens with two attached hydrogens (primary N) is 2. The van der Waals surface area contributed by atoms with Crippen LogP contribution in [0, 0.1) is 0 Å². The number of hydrogen-bond acceptors (Lipinski definition) is 4. The van der Waals surface area contributed by atoms with Crippen LogP contribution in [0.15, 0.2) is 42.6 Å². The molecule has 0 unspecified atom stereocenters. The summed E-state index contributed by atoms with van der Waals surface area (Å²) in [6.45, 7) is 0. The zero-order chi connectivity index (χ0) is 13.8. The van der Waals surface area contributed by atoms with Crippen molar-refractivity contribution >= 4 is 23.3 Å². The van der Waals surface area contributed by atoms with Gasteiger partial charge in [-0.3, -0.25) is 9.59 Å². The van der Waals surface area contributed by atoms with Crippen LogP contribution in [0.1, 0.15) is 20.7 Å². The number of amides is 2. The van der Waals surface area contributed by atoms with Crippen molar-refractivity contribution in [2.24, 2.45) is 11.5 Å². The maximum absolute atomic E-state index is 11.1. The fourth-order valence-electron chi connectivity index (χ4n) is 1.55. The molecule has 1 aromatic heterocycles. The second kappa shape index (κ2) is 5.18.